The molecule has 0 bridgehead atoms. The van der Waals surface area contributed by atoms with Crippen LogP contribution in [0.2, 0.25) is 0 Å². The monoisotopic (exact) mass is 350 g/mol. The van der Waals surface area contributed by atoms with E-state index >= 15 is 0 Å². The molecule has 0 aliphatic heterocycles. The van der Waals surface area contributed by atoms with E-state index in [1.54, 1.807) is 12.1 Å². The van der Waals surface area contributed by atoms with Crippen LogP contribution in [0.3, 0.4) is 0 Å². The van der Waals surface area contributed by atoms with Gasteiger partial charge < -0.3 is 4.74 Å². The highest BCUT2D eigenvalue weighted by molar-refractivity contribution is 5.77. The van der Waals surface area contributed by atoms with Gasteiger partial charge in [0.25, 0.3) is 5.56 Å². The van der Waals surface area contributed by atoms with Crippen LogP contribution in [0.25, 0.3) is 11.0 Å². The highest BCUT2D eigenvalue weighted by Gasteiger charge is 2.13. The molecule has 5 heteroatoms. The van der Waals surface area contributed by atoms with Crippen LogP contribution in [0.5, 0.6) is 0 Å². The normalized spacial score (nSPS) is 11.5. The first kappa shape index (κ1) is 17.9. The summed E-state index contributed by atoms with van der Waals surface area (Å²) in [5, 5.41) is 0. The van der Waals surface area contributed by atoms with Crippen molar-refractivity contribution < 1.29 is 9.53 Å². The summed E-state index contributed by atoms with van der Waals surface area (Å²) in [6.07, 6.45) is 1.22. The Bertz CT molecular complexity index is 983. The molecule has 0 aliphatic rings. The Kier molecular flexibility index (Phi) is 4.89. The Morgan fingerprint density at radius 1 is 1.08 bits per heavy atom. The second kappa shape index (κ2) is 7.12. The molecule has 0 radical (unpaired) electrons. The Balaban J connectivity index is 1.69. The maximum Gasteiger partial charge on any atom is 0.326 e. The lowest BCUT2D eigenvalue weighted by molar-refractivity contribution is -0.145. The third-order valence-electron chi connectivity index (χ3n) is 4.26. The lowest BCUT2D eigenvalue weighted by Gasteiger charge is -2.19. The number of rotatable bonds is 4. The number of hydrogen-bond donors (Lipinski definition) is 0. The predicted octanol–water partition coefficient (Wildman–Crippen LogP) is 3.44. The van der Waals surface area contributed by atoms with Crippen LogP contribution >= 0.6 is 0 Å². The Morgan fingerprint density at radius 3 is 2.46 bits per heavy atom. The summed E-state index contributed by atoms with van der Waals surface area (Å²) in [6, 6.07) is 15.2. The van der Waals surface area contributed by atoms with Gasteiger partial charge in [-0.2, -0.15) is 0 Å². The molecule has 134 valence electrons. The molecule has 0 fully saturated rings. The summed E-state index contributed by atoms with van der Waals surface area (Å²) >= 11 is 0. The lowest BCUT2D eigenvalue weighted by Crippen LogP contribution is -2.25. The number of hydrogen-bond acceptors (Lipinski definition) is 4. The van der Waals surface area contributed by atoms with Gasteiger partial charge in [-0.1, -0.05) is 57.2 Å². The SMILES string of the molecule is CC(C)(C)c1ccc(COC(=O)Cn2c(=O)cnc3ccccc32)cc1. The number of aromatic nitrogens is 2. The number of fused-ring (bicyclic) bond motifs is 1. The third kappa shape index (κ3) is 3.99. The molecule has 5 nitrogen and oxygen atoms in total. The molecule has 0 saturated heterocycles. The molecule has 3 aromatic rings. The van der Waals surface area contributed by atoms with E-state index in [-0.39, 0.29) is 24.1 Å². The zero-order valence-corrected chi connectivity index (χ0v) is 15.2. The number of nitrogens with zero attached hydrogens (tertiary/aromatic N) is 2. The summed E-state index contributed by atoms with van der Waals surface area (Å²) in [5.74, 6) is -0.455. The molecule has 0 aliphatic carbocycles. The van der Waals surface area contributed by atoms with Crippen molar-refractivity contribution in [2.75, 3.05) is 0 Å². The van der Waals surface area contributed by atoms with Crippen molar-refractivity contribution >= 4 is 17.0 Å². The summed E-state index contributed by atoms with van der Waals surface area (Å²) in [6.45, 7) is 6.50. The molecule has 26 heavy (non-hydrogen) atoms. The molecule has 1 aromatic heterocycles. The number of carbonyl (C=O) groups is 1. The summed E-state index contributed by atoms with van der Waals surface area (Å²) in [4.78, 5) is 28.4. The van der Waals surface area contributed by atoms with Crippen LogP contribution in [0, 0.1) is 0 Å². The van der Waals surface area contributed by atoms with E-state index in [1.165, 1.54) is 16.3 Å². The van der Waals surface area contributed by atoms with E-state index in [0.29, 0.717) is 11.0 Å². The van der Waals surface area contributed by atoms with Gasteiger partial charge in [0.2, 0.25) is 0 Å². The van der Waals surface area contributed by atoms with Gasteiger partial charge in [-0.3, -0.25) is 14.2 Å². The van der Waals surface area contributed by atoms with E-state index < -0.39 is 5.97 Å². The van der Waals surface area contributed by atoms with Crippen molar-refractivity contribution in [1.29, 1.82) is 0 Å². The van der Waals surface area contributed by atoms with E-state index in [1.807, 2.05) is 36.4 Å². The smallest absolute Gasteiger partial charge is 0.326 e. The first-order chi connectivity index (χ1) is 12.3. The van der Waals surface area contributed by atoms with Crippen molar-refractivity contribution in [3.8, 4) is 0 Å². The van der Waals surface area contributed by atoms with E-state index in [9.17, 15) is 9.59 Å². The fourth-order valence-electron chi connectivity index (χ4n) is 2.72. The zero-order valence-electron chi connectivity index (χ0n) is 15.2. The topological polar surface area (TPSA) is 61.2 Å². The average molecular weight is 350 g/mol. The molecular weight excluding hydrogens is 328 g/mol. The molecule has 0 saturated carbocycles. The van der Waals surface area contributed by atoms with Crippen LogP contribution in [0.4, 0.5) is 0 Å². The standard InChI is InChI=1S/C21H22N2O3/c1-21(2,3)16-10-8-15(9-11-16)14-26-20(25)13-23-18-7-5-4-6-17(18)22-12-19(23)24/h4-12H,13-14H2,1-3H3. The van der Waals surface area contributed by atoms with Gasteiger partial charge in [-0.15, -0.1) is 0 Å². The Labute approximate surface area is 152 Å². The fraction of sp³-hybridized carbons (Fsp3) is 0.286. The van der Waals surface area contributed by atoms with E-state index in [2.05, 4.69) is 25.8 Å². The predicted molar refractivity (Wildman–Crippen MR) is 101 cm³/mol. The third-order valence-corrected chi connectivity index (χ3v) is 4.26. The van der Waals surface area contributed by atoms with Crippen molar-refractivity contribution in [2.24, 2.45) is 0 Å². The van der Waals surface area contributed by atoms with Crippen molar-refractivity contribution in [1.82, 2.24) is 9.55 Å². The molecule has 0 atom stereocenters. The van der Waals surface area contributed by atoms with Gasteiger partial charge in [-0.05, 0) is 28.7 Å². The highest BCUT2D eigenvalue weighted by Crippen LogP contribution is 2.22. The summed E-state index contributed by atoms with van der Waals surface area (Å²) in [7, 11) is 0. The van der Waals surface area contributed by atoms with Crippen molar-refractivity contribution in [3.05, 3.63) is 76.2 Å². The molecule has 2 aromatic carbocycles. The average Bonchev–Trinajstić information content (AvgIpc) is 2.62. The largest absolute Gasteiger partial charge is 0.459 e. The van der Waals surface area contributed by atoms with Gasteiger partial charge >= 0.3 is 5.97 Å². The zero-order chi connectivity index (χ0) is 18.7. The van der Waals surface area contributed by atoms with Gasteiger partial charge in [0.15, 0.2) is 0 Å². The fourth-order valence-corrected chi connectivity index (χ4v) is 2.72. The van der Waals surface area contributed by atoms with Gasteiger partial charge in [0, 0.05) is 0 Å². The second-order valence-corrected chi connectivity index (χ2v) is 7.28. The van der Waals surface area contributed by atoms with E-state index in [4.69, 9.17) is 4.74 Å². The van der Waals surface area contributed by atoms with Crippen LogP contribution in [-0.2, 0) is 28.1 Å². The maximum absolute atomic E-state index is 12.2. The number of esters is 1. The molecule has 0 amide bonds. The second-order valence-electron chi connectivity index (χ2n) is 7.28. The van der Waals surface area contributed by atoms with Crippen LogP contribution in [0.15, 0.2) is 59.5 Å². The first-order valence-corrected chi connectivity index (χ1v) is 8.54. The summed E-state index contributed by atoms with van der Waals surface area (Å²) in [5.41, 5.74) is 3.18. The molecule has 0 spiro atoms. The summed E-state index contributed by atoms with van der Waals surface area (Å²) < 4.78 is 6.72. The van der Waals surface area contributed by atoms with Crippen molar-refractivity contribution in [2.45, 2.75) is 39.3 Å². The lowest BCUT2D eigenvalue weighted by atomic mass is 9.87. The van der Waals surface area contributed by atoms with Crippen LogP contribution in [0.1, 0.15) is 31.9 Å². The van der Waals surface area contributed by atoms with E-state index in [0.717, 1.165) is 5.56 Å². The van der Waals surface area contributed by atoms with Gasteiger partial charge in [0.05, 0.1) is 17.2 Å². The molecule has 1 heterocycles. The Morgan fingerprint density at radius 2 is 1.77 bits per heavy atom. The molecule has 0 N–H and O–H groups in total. The van der Waals surface area contributed by atoms with Crippen LogP contribution in [-0.4, -0.2) is 15.5 Å². The minimum absolute atomic E-state index is 0.0821. The number of para-hydroxylation sites is 2. The number of carbonyl (C=O) groups excluding carboxylic acids is 1. The van der Waals surface area contributed by atoms with Gasteiger partial charge in [-0.25, -0.2) is 4.98 Å². The highest BCUT2D eigenvalue weighted by atomic mass is 16.5. The Hall–Kier alpha value is -2.95. The van der Waals surface area contributed by atoms with Crippen molar-refractivity contribution in [3.63, 3.8) is 0 Å². The molecular formula is C21H22N2O3. The minimum atomic E-state index is -0.455. The quantitative estimate of drug-likeness (QED) is 0.676. The number of benzene rings is 2. The first-order valence-electron chi connectivity index (χ1n) is 8.54. The minimum Gasteiger partial charge on any atom is -0.459 e. The molecule has 3 rings (SSSR count). The molecule has 0 unspecified atom stereocenters. The number of ether oxygens (including phenoxy) is 1. The van der Waals surface area contributed by atoms with Gasteiger partial charge in [0.1, 0.15) is 13.2 Å². The maximum atomic E-state index is 12.2. The van der Waals surface area contributed by atoms with Crippen LogP contribution < -0.4 is 5.56 Å².